The smallest absolute Gasteiger partial charge is 0.0244 e. The lowest BCUT2D eigenvalue weighted by atomic mass is 9.98. The van der Waals surface area contributed by atoms with Gasteiger partial charge in [-0.05, 0) is 44.4 Å². The van der Waals surface area contributed by atoms with Crippen LogP contribution in [0.3, 0.4) is 0 Å². The van der Waals surface area contributed by atoms with Crippen LogP contribution in [0.25, 0.3) is 0 Å². The summed E-state index contributed by atoms with van der Waals surface area (Å²) in [5, 5.41) is 0.339. The second kappa shape index (κ2) is 3.53. The normalized spacial score (nSPS) is 13.1. The van der Waals surface area contributed by atoms with E-state index in [1.165, 1.54) is 22.3 Å². The van der Waals surface area contributed by atoms with Gasteiger partial charge in [-0.1, -0.05) is 17.7 Å². The van der Waals surface area contributed by atoms with Crippen LogP contribution in [-0.4, -0.2) is 0 Å². The molecule has 66 valence electrons. The molecule has 0 spiro atoms. The molecule has 0 aliphatic carbocycles. The first-order valence-corrected chi connectivity index (χ1v) is 4.80. The van der Waals surface area contributed by atoms with Gasteiger partial charge >= 0.3 is 0 Å². The summed E-state index contributed by atoms with van der Waals surface area (Å²) in [6, 6.07) is 4.43. The van der Waals surface area contributed by atoms with Gasteiger partial charge in [0.15, 0.2) is 0 Å². The number of rotatable bonds is 1. The maximum Gasteiger partial charge on any atom is 0.0244 e. The van der Waals surface area contributed by atoms with E-state index in [0.29, 0.717) is 5.25 Å². The Hall–Kier alpha value is -0.430. The minimum absolute atomic E-state index is 0.339. The lowest BCUT2D eigenvalue weighted by Gasteiger charge is -2.13. The van der Waals surface area contributed by atoms with Crippen LogP contribution < -0.4 is 0 Å². The Bertz CT molecular complexity index is 264. The number of aryl methyl sites for hydroxylation is 3. The van der Waals surface area contributed by atoms with E-state index in [0.717, 1.165) is 0 Å². The Labute approximate surface area is 80.4 Å². The van der Waals surface area contributed by atoms with Gasteiger partial charge < -0.3 is 0 Å². The molecular formula is C11H16S. The minimum Gasteiger partial charge on any atom is -0.171 e. The summed E-state index contributed by atoms with van der Waals surface area (Å²) in [5.74, 6) is 0. The lowest BCUT2D eigenvalue weighted by Crippen LogP contribution is -1.95. The molecule has 1 rings (SSSR count). The zero-order valence-corrected chi connectivity index (χ0v) is 9.07. The fourth-order valence-corrected chi connectivity index (χ4v) is 2.26. The summed E-state index contributed by atoms with van der Waals surface area (Å²) in [6.45, 7) is 8.56. The number of hydrogen-bond acceptors (Lipinski definition) is 1. The molecule has 0 heterocycles. The summed E-state index contributed by atoms with van der Waals surface area (Å²) in [4.78, 5) is 0. The van der Waals surface area contributed by atoms with Gasteiger partial charge in [-0.3, -0.25) is 0 Å². The number of hydrogen-bond donors (Lipinski definition) is 1. The standard InChI is InChI=1S/C11H16S/c1-7-5-8(2)11(10(4)12)9(3)6-7/h5-6,10,12H,1-4H3/t10-/m0/s1. The first-order chi connectivity index (χ1) is 5.52. The Kier molecular flexibility index (Phi) is 2.84. The number of benzene rings is 1. The Morgan fingerprint density at radius 1 is 1.08 bits per heavy atom. The molecule has 0 saturated carbocycles. The molecule has 0 unspecified atom stereocenters. The molecule has 0 radical (unpaired) electrons. The molecule has 0 fully saturated rings. The second-order valence-electron chi connectivity index (χ2n) is 3.49. The molecule has 0 nitrogen and oxygen atoms in total. The largest absolute Gasteiger partial charge is 0.171 e. The lowest BCUT2D eigenvalue weighted by molar-refractivity contribution is 1.05. The Morgan fingerprint density at radius 3 is 1.83 bits per heavy atom. The first-order valence-electron chi connectivity index (χ1n) is 4.28. The molecule has 1 aromatic carbocycles. The molecule has 12 heavy (non-hydrogen) atoms. The van der Waals surface area contributed by atoms with Gasteiger partial charge in [0.25, 0.3) is 0 Å². The van der Waals surface area contributed by atoms with Crippen molar-refractivity contribution < 1.29 is 0 Å². The van der Waals surface area contributed by atoms with Crippen LogP contribution in [0.15, 0.2) is 12.1 Å². The molecule has 0 amide bonds. The molecule has 0 aliphatic heterocycles. The highest BCUT2D eigenvalue weighted by molar-refractivity contribution is 7.80. The van der Waals surface area contributed by atoms with Gasteiger partial charge in [0, 0.05) is 5.25 Å². The molecule has 1 heteroatoms. The summed E-state index contributed by atoms with van der Waals surface area (Å²) in [5.41, 5.74) is 5.43. The van der Waals surface area contributed by atoms with Crippen molar-refractivity contribution in [3.05, 3.63) is 34.4 Å². The molecular weight excluding hydrogens is 164 g/mol. The SMILES string of the molecule is Cc1cc(C)c([C@H](C)S)c(C)c1. The maximum absolute atomic E-state index is 4.46. The third-order valence-corrected chi connectivity index (χ3v) is 2.41. The second-order valence-corrected chi connectivity index (χ2v) is 4.26. The van der Waals surface area contributed by atoms with Crippen LogP contribution in [-0.2, 0) is 0 Å². The molecule has 0 saturated heterocycles. The van der Waals surface area contributed by atoms with Gasteiger partial charge in [-0.2, -0.15) is 12.6 Å². The average Bonchev–Trinajstić information content (AvgIpc) is 1.82. The topological polar surface area (TPSA) is 0 Å². The van der Waals surface area contributed by atoms with Crippen LogP contribution in [0.5, 0.6) is 0 Å². The van der Waals surface area contributed by atoms with E-state index in [1.807, 2.05) is 0 Å². The average molecular weight is 180 g/mol. The highest BCUT2D eigenvalue weighted by atomic mass is 32.1. The van der Waals surface area contributed by atoms with Crippen LogP contribution in [0, 0.1) is 20.8 Å². The van der Waals surface area contributed by atoms with Crippen LogP contribution in [0.2, 0.25) is 0 Å². The highest BCUT2D eigenvalue weighted by Crippen LogP contribution is 2.26. The summed E-state index contributed by atoms with van der Waals surface area (Å²) in [6.07, 6.45) is 0. The van der Waals surface area contributed by atoms with Crippen molar-refractivity contribution in [1.82, 2.24) is 0 Å². The van der Waals surface area contributed by atoms with Gasteiger partial charge in [0.1, 0.15) is 0 Å². The molecule has 0 bridgehead atoms. The van der Waals surface area contributed by atoms with Gasteiger partial charge in [0.05, 0.1) is 0 Å². The number of thiol groups is 1. The maximum atomic E-state index is 4.46. The van der Waals surface area contributed by atoms with Gasteiger partial charge in [0.2, 0.25) is 0 Å². The van der Waals surface area contributed by atoms with E-state index in [9.17, 15) is 0 Å². The van der Waals surface area contributed by atoms with E-state index < -0.39 is 0 Å². The molecule has 1 atom stereocenters. The summed E-state index contributed by atoms with van der Waals surface area (Å²) < 4.78 is 0. The minimum atomic E-state index is 0.339. The van der Waals surface area contributed by atoms with Crippen molar-refractivity contribution in [2.24, 2.45) is 0 Å². The monoisotopic (exact) mass is 180 g/mol. The van der Waals surface area contributed by atoms with E-state index in [1.54, 1.807) is 0 Å². The van der Waals surface area contributed by atoms with E-state index in [-0.39, 0.29) is 0 Å². The van der Waals surface area contributed by atoms with Crippen molar-refractivity contribution >= 4 is 12.6 Å². The zero-order valence-electron chi connectivity index (χ0n) is 8.18. The third kappa shape index (κ3) is 1.84. The van der Waals surface area contributed by atoms with E-state index >= 15 is 0 Å². The summed E-state index contributed by atoms with van der Waals surface area (Å²) in [7, 11) is 0. The predicted octanol–water partition coefficient (Wildman–Crippen LogP) is 3.60. The van der Waals surface area contributed by atoms with Gasteiger partial charge in [-0.25, -0.2) is 0 Å². The predicted molar refractivity (Wildman–Crippen MR) is 58.1 cm³/mol. The van der Waals surface area contributed by atoms with Crippen molar-refractivity contribution in [3.8, 4) is 0 Å². The molecule has 0 aliphatic rings. The zero-order chi connectivity index (χ0) is 9.30. The van der Waals surface area contributed by atoms with E-state index in [2.05, 4.69) is 52.5 Å². The van der Waals surface area contributed by atoms with Crippen LogP contribution >= 0.6 is 12.6 Å². The fraction of sp³-hybridized carbons (Fsp3) is 0.455. The van der Waals surface area contributed by atoms with Crippen molar-refractivity contribution in [2.75, 3.05) is 0 Å². The van der Waals surface area contributed by atoms with E-state index in [4.69, 9.17) is 0 Å². The Balaban J connectivity index is 3.28. The van der Waals surface area contributed by atoms with Crippen molar-refractivity contribution in [3.63, 3.8) is 0 Å². The quantitative estimate of drug-likeness (QED) is 0.627. The third-order valence-electron chi connectivity index (χ3n) is 2.16. The van der Waals surface area contributed by atoms with Crippen molar-refractivity contribution in [2.45, 2.75) is 32.9 Å². The first kappa shape index (κ1) is 9.66. The highest BCUT2D eigenvalue weighted by Gasteiger charge is 2.07. The molecule has 1 aromatic rings. The summed E-state index contributed by atoms with van der Waals surface area (Å²) >= 11 is 4.46. The van der Waals surface area contributed by atoms with Gasteiger partial charge in [-0.15, -0.1) is 0 Å². The Morgan fingerprint density at radius 2 is 1.50 bits per heavy atom. The molecule has 0 N–H and O–H groups in total. The van der Waals surface area contributed by atoms with Crippen molar-refractivity contribution in [1.29, 1.82) is 0 Å². The van der Waals surface area contributed by atoms with Crippen LogP contribution in [0.1, 0.15) is 34.4 Å². The molecule has 0 aromatic heterocycles. The fourth-order valence-electron chi connectivity index (χ4n) is 1.85. The van der Waals surface area contributed by atoms with Crippen LogP contribution in [0.4, 0.5) is 0 Å².